The summed E-state index contributed by atoms with van der Waals surface area (Å²) in [4.78, 5) is 31.1. The maximum absolute atomic E-state index is 14.0. The van der Waals surface area contributed by atoms with Gasteiger partial charge in [0.25, 0.3) is 11.8 Å². The van der Waals surface area contributed by atoms with Crippen molar-refractivity contribution >= 4 is 11.8 Å². The maximum atomic E-state index is 14.0. The summed E-state index contributed by atoms with van der Waals surface area (Å²) in [6, 6.07) is 5.59. The highest BCUT2D eigenvalue weighted by molar-refractivity contribution is 5.91. The molecule has 5 rings (SSSR count). The Morgan fingerprint density at radius 1 is 1.34 bits per heavy atom. The van der Waals surface area contributed by atoms with Crippen molar-refractivity contribution in [3.8, 4) is 11.5 Å². The fourth-order valence-corrected chi connectivity index (χ4v) is 4.39. The van der Waals surface area contributed by atoms with Gasteiger partial charge < -0.3 is 19.6 Å². The van der Waals surface area contributed by atoms with Crippen LogP contribution in [0.25, 0.3) is 11.5 Å². The number of aryl methyl sites for hydroxylation is 1. The molecule has 2 amide bonds. The van der Waals surface area contributed by atoms with Crippen molar-refractivity contribution in [3.05, 3.63) is 54.2 Å². The highest BCUT2D eigenvalue weighted by Gasteiger charge is 2.44. The number of hydrogen-bond donors (Lipinski definition) is 2. The highest BCUT2D eigenvalue weighted by atomic mass is 19.1. The van der Waals surface area contributed by atoms with E-state index in [9.17, 15) is 14.0 Å². The Balaban J connectivity index is 1.28. The number of halogens is 1. The molecule has 3 atom stereocenters. The molecule has 0 bridgehead atoms. The van der Waals surface area contributed by atoms with Crippen LogP contribution in [0.4, 0.5) is 4.39 Å². The van der Waals surface area contributed by atoms with Gasteiger partial charge in [0, 0.05) is 51.0 Å². The van der Waals surface area contributed by atoms with Gasteiger partial charge in [-0.05, 0) is 18.6 Å². The zero-order valence-corrected chi connectivity index (χ0v) is 17.4. The molecule has 0 aliphatic carbocycles. The van der Waals surface area contributed by atoms with Crippen LogP contribution in [0, 0.1) is 5.82 Å². The lowest BCUT2D eigenvalue weighted by Gasteiger charge is -2.36. The highest BCUT2D eigenvalue weighted by Crippen LogP contribution is 2.27. The van der Waals surface area contributed by atoms with Crippen molar-refractivity contribution in [2.75, 3.05) is 13.1 Å². The van der Waals surface area contributed by atoms with Crippen LogP contribution >= 0.6 is 0 Å². The fraction of sp³-hybridized carbons (Fsp3) is 0.381. The van der Waals surface area contributed by atoms with Gasteiger partial charge in [-0.1, -0.05) is 12.1 Å². The fourth-order valence-electron chi connectivity index (χ4n) is 4.39. The summed E-state index contributed by atoms with van der Waals surface area (Å²) in [6.45, 7) is 0.944. The van der Waals surface area contributed by atoms with E-state index in [2.05, 4.69) is 30.7 Å². The van der Waals surface area contributed by atoms with E-state index < -0.39 is 5.82 Å². The summed E-state index contributed by atoms with van der Waals surface area (Å²) >= 11 is 0. The standard InChI is InChI=1S/C21H22FN7O3/c1-28-7-6-23-18(28)20(31)25-12-8-16-19(30)24-10-13(29(16)11-12)9-17-26-27-21(32-17)14-4-2-3-5-15(14)22/h2-7,12-13,16H,8-11H2,1H3,(H,24,30)(H,25,31)/t12-,13+,16-/m0/s1. The molecule has 2 saturated heterocycles. The summed E-state index contributed by atoms with van der Waals surface area (Å²) in [6.07, 6.45) is 4.17. The molecule has 32 heavy (non-hydrogen) atoms. The number of amides is 2. The first-order chi connectivity index (χ1) is 15.5. The number of hydrogen-bond acceptors (Lipinski definition) is 7. The molecule has 4 heterocycles. The second-order valence-corrected chi connectivity index (χ2v) is 8.06. The van der Waals surface area contributed by atoms with Gasteiger partial charge in [-0.3, -0.25) is 14.5 Å². The van der Waals surface area contributed by atoms with Gasteiger partial charge in [0.1, 0.15) is 5.82 Å². The first-order valence-electron chi connectivity index (χ1n) is 10.4. The average molecular weight is 439 g/mol. The second-order valence-electron chi connectivity index (χ2n) is 8.06. The normalized spacial score (nSPS) is 23.1. The summed E-state index contributed by atoms with van der Waals surface area (Å²) in [5, 5.41) is 13.9. The van der Waals surface area contributed by atoms with E-state index in [0.29, 0.717) is 37.6 Å². The van der Waals surface area contributed by atoms with Crippen molar-refractivity contribution in [3.63, 3.8) is 0 Å². The summed E-state index contributed by atoms with van der Waals surface area (Å²) in [5.41, 5.74) is 0.249. The first kappa shape index (κ1) is 20.3. The topological polar surface area (TPSA) is 118 Å². The third-order valence-corrected chi connectivity index (χ3v) is 5.96. The SMILES string of the molecule is Cn1ccnc1C(=O)N[C@H]1C[C@H]2C(=O)NC[C@@H](Cc3nnc(-c4ccccc4F)o3)N2C1. The zero-order chi connectivity index (χ0) is 22.2. The van der Waals surface area contributed by atoms with E-state index in [-0.39, 0.29) is 41.4 Å². The van der Waals surface area contributed by atoms with Crippen LogP contribution in [0.2, 0.25) is 0 Å². The Morgan fingerprint density at radius 2 is 2.19 bits per heavy atom. The molecule has 0 unspecified atom stereocenters. The molecule has 166 valence electrons. The summed E-state index contributed by atoms with van der Waals surface area (Å²) in [5.74, 6) is 0.0408. The van der Waals surface area contributed by atoms with Crippen molar-refractivity contribution in [1.29, 1.82) is 0 Å². The van der Waals surface area contributed by atoms with Gasteiger partial charge in [-0.25, -0.2) is 9.37 Å². The molecule has 2 aromatic heterocycles. The molecule has 11 heteroatoms. The van der Waals surface area contributed by atoms with Crippen LogP contribution in [0.3, 0.4) is 0 Å². The number of fused-ring (bicyclic) bond motifs is 1. The van der Waals surface area contributed by atoms with Crippen LogP contribution in [0.1, 0.15) is 22.9 Å². The lowest BCUT2D eigenvalue weighted by atomic mass is 10.1. The number of nitrogens with zero attached hydrogens (tertiary/aromatic N) is 5. The molecule has 1 aromatic carbocycles. The minimum Gasteiger partial charge on any atom is -0.421 e. The number of rotatable bonds is 5. The van der Waals surface area contributed by atoms with Gasteiger partial charge in [0.15, 0.2) is 5.82 Å². The Morgan fingerprint density at radius 3 is 2.97 bits per heavy atom. The largest absolute Gasteiger partial charge is 0.421 e. The third kappa shape index (κ3) is 3.75. The van der Waals surface area contributed by atoms with Crippen LogP contribution in [0.15, 0.2) is 41.1 Å². The molecule has 2 fully saturated rings. The monoisotopic (exact) mass is 439 g/mol. The summed E-state index contributed by atoms with van der Waals surface area (Å²) < 4.78 is 21.4. The van der Waals surface area contributed by atoms with Crippen molar-refractivity contribution in [2.45, 2.75) is 31.0 Å². The van der Waals surface area contributed by atoms with Gasteiger partial charge in [0.2, 0.25) is 11.8 Å². The van der Waals surface area contributed by atoms with E-state index in [0.717, 1.165) is 0 Å². The molecule has 10 nitrogen and oxygen atoms in total. The smallest absolute Gasteiger partial charge is 0.287 e. The van der Waals surface area contributed by atoms with Crippen LogP contribution in [-0.2, 0) is 18.3 Å². The van der Waals surface area contributed by atoms with Crippen LogP contribution < -0.4 is 10.6 Å². The minimum atomic E-state index is -0.432. The Kier molecular flexibility index (Phi) is 5.17. The number of carbonyl (C=O) groups excluding carboxylic acids is 2. The van der Waals surface area contributed by atoms with Crippen LogP contribution in [0.5, 0.6) is 0 Å². The van der Waals surface area contributed by atoms with Crippen molar-refractivity contribution < 1.29 is 18.4 Å². The number of carbonyl (C=O) groups is 2. The van der Waals surface area contributed by atoms with Crippen molar-refractivity contribution in [2.24, 2.45) is 7.05 Å². The molecule has 3 aromatic rings. The zero-order valence-electron chi connectivity index (χ0n) is 17.4. The molecule has 2 N–H and O–H groups in total. The van der Waals surface area contributed by atoms with Crippen molar-refractivity contribution in [1.82, 2.24) is 35.3 Å². The van der Waals surface area contributed by atoms with Gasteiger partial charge in [0.05, 0.1) is 11.6 Å². The predicted octanol–water partition coefficient (Wildman–Crippen LogP) is 0.523. The Labute approximate surface area is 182 Å². The number of nitrogens with one attached hydrogen (secondary N) is 2. The lowest BCUT2D eigenvalue weighted by molar-refractivity contribution is -0.129. The Hall–Kier alpha value is -3.60. The quantitative estimate of drug-likeness (QED) is 0.595. The first-order valence-corrected chi connectivity index (χ1v) is 10.4. The van der Waals surface area contributed by atoms with Gasteiger partial charge in [-0.2, -0.15) is 0 Å². The predicted molar refractivity (Wildman–Crippen MR) is 110 cm³/mol. The molecule has 2 aliphatic rings. The molecule has 0 saturated carbocycles. The van der Waals surface area contributed by atoms with E-state index in [1.54, 1.807) is 42.2 Å². The van der Waals surface area contributed by atoms with E-state index in [4.69, 9.17) is 4.42 Å². The van der Waals surface area contributed by atoms with Gasteiger partial charge in [-0.15, -0.1) is 10.2 Å². The second kappa shape index (κ2) is 8.15. The molecular formula is C21H22FN7O3. The number of aromatic nitrogens is 4. The Bertz CT molecular complexity index is 1160. The van der Waals surface area contributed by atoms with E-state index in [1.165, 1.54) is 6.07 Å². The summed E-state index contributed by atoms with van der Waals surface area (Å²) in [7, 11) is 1.75. The molecular weight excluding hydrogens is 417 g/mol. The van der Waals surface area contributed by atoms with E-state index >= 15 is 0 Å². The molecule has 2 aliphatic heterocycles. The lowest BCUT2D eigenvalue weighted by Crippen LogP contribution is -2.58. The van der Waals surface area contributed by atoms with E-state index in [1.807, 2.05) is 0 Å². The van der Waals surface area contributed by atoms with Crippen LogP contribution in [-0.4, -0.2) is 67.7 Å². The third-order valence-electron chi connectivity index (χ3n) is 5.96. The maximum Gasteiger partial charge on any atom is 0.287 e. The molecule has 0 spiro atoms. The van der Waals surface area contributed by atoms with Gasteiger partial charge >= 0.3 is 0 Å². The number of benzene rings is 1. The molecule has 0 radical (unpaired) electrons. The number of imidazole rings is 1. The average Bonchev–Trinajstić information content (AvgIpc) is 3.50. The number of piperazine rings is 1. The minimum absolute atomic E-state index is 0.0624.